The minimum absolute atomic E-state index is 0.156. The Kier molecular flexibility index (Phi) is 37.9. The van der Waals surface area contributed by atoms with Crippen molar-refractivity contribution in [2.45, 2.75) is 263 Å². The molecule has 0 aromatic heterocycles. The maximum absolute atomic E-state index is 12.8. The number of unbranched alkanes of at least 4 members (excludes halogenated alkanes) is 27. The van der Waals surface area contributed by atoms with E-state index in [0.29, 0.717) is 12.8 Å². The first kappa shape index (κ1) is 59.1. The second-order valence-corrected chi connectivity index (χ2v) is 19.3. The number of aliphatic hydroxyl groups excluding tert-OH is 3. The van der Waals surface area contributed by atoms with Crippen molar-refractivity contribution in [3.8, 4) is 0 Å². The van der Waals surface area contributed by atoms with Gasteiger partial charge >= 0.3 is 11.9 Å². The Morgan fingerprint density at radius 1 is 0.524 bits per heavy atom. The maximum Gasteiger partial charge on any atom is 0.306 e. The van der Waals surface area contributed by atoms with Crippen molar-refractivity contribution in [2.75, 3.05) is 19.0 Å². The molecule has 2 unspecified atom stereocenters. The fourth-order valence-corrected chi connectivity index (χ4v) is 8.48. The largest absolute Gasteiger partial charge is 0.462 e. The molecule has 0 saturated carbocycles. The van der Waals surface area contributed by atoms with Crippen molar-refractivity contribution in [1.82, 2.24) is 0 Å². The SMILES string of the molecule is CCCCCCC/C=C/CCCCCCCC(=O)O[C@H](COC(=O)CCCCCCCCCCCCC/C=C/CCCCCCCC)CO[C@H]1O[C@H](CS(=O)(=O)O)[C@@H](O)C(O)C1O. The monoisotopic (exact) mass is 917 g/mol. The van der Waals surface area contributed by atoms with Gasteiger partial charge in [0.2, 0.25) is 0 Å². The summed E-state index contributed by atoms with van der Waals surface area (Å²) in [4.78, 5) is 25.5. The third-order valence-electron chi connectivity index (χ3n) is 11.8. The lowest BCUT2D eigenvalue weighted by atomic mass is 10.00. The molecule has 370 valence electrons. The van der Waals surface area contributed by atoms with Crippen molar-refractivity contribution >= 4 is 22.1 Å². The minimum Gasteiger partial charge on any atom is -0.462 e. The van der Waals surface area contributed by atoms with Gasteiger partial charge in [0.15, 0.2) is 12.4 Å². The summed E-state index contributed by atoms with van der Waals surface area (Å²) < 4.78 is 54.2. The summed E-state index contributed by atoms with van der Waals surface area (Å²) in [5.74, 6) is -1.98. The third kappa shape index (κ3) is 35.1. The number of hydrogen-bond acceptors (Lipinski definition) is 11. The van der Waals surface area contributed by atoms with E-state index in [4.69, 9.17) is 18.9 Å². The van der Waals surface area contributed by atoms with Gasteiger partial charge in [-0.3, -0.25) is 14.1 Å². The standard InChI is InChI=1S/C50H92O12S/c1-3-5-7-9-11-13-15-17-19-20-21-22-23-24-25-27-28-30-32-34-36-38-45(51)59-40-43(41-60-50-49(55)48(54)47(53)44(62-50)42-63(56,57)58)61-46(52)39-37-35-33-31-29-26-18-16-14-12-10-8-6-4-2/h16-19,43-44,47-50,53-55H,3-15,20-42H2,1-2H3,(H,56,57,58)/b18-16+,19-17+/t43-,44-,47-,48?,49?,50+/m1/s1. The lowest BCUT2D eigenvalue weighted by Crippen LogP contribution is -2.60. The summed E-state index contributed by atoms with van der Waals surface area (Å²) in [6.45, 7) is 3.76. The molecular formula is C50H92O12S. The Morgan fingerprint density at radius 2 is 0.905 bits per heavy atom. The van der Waals surface area contributed by atoms with Crippen molar-refractivity contribution in [3.05, 3.63) is 24.3 Å². The van der Waals surface area contributed by atoms with Gasteiger partial charge in [-0.15, -0.1) is 0 Å². The molecule has 0 bridgehead atoms. The van der Waals surface area contributed by atoms with E-state index in [-0.39, 0.29) is 19.4 Å². The lowest BCUT2D eigenvalue weighted by molar-refractivity contribution is -0.297. The van der Waals surface area contributed by atoms with Gasteiger partial charge in [-0.1, -0.05) is 173 Å². The fourth-order valence-electron chi connectivity index (χ4n) is 7.78. The molecule has 4 N–H and O–H groups in total. The number of ether oxygens (including phenoxy) is 4. The van der Waals surface area contributed by atoms with Crippen LogP contribution in [-0.4, -0.2) is 96.0 Å². The Hall–Kier alpha value is -1.87. The lowest BCUT2D eigenvalue weighted by Gasteiger charge is -2.40. The molecule has 1 aliphatic rings. The number of carbonyl (C=O) groups excluding carboxylic acids is 2. The predicted octanol–water partition coefficient (Wildman–Crippen LogP) is 11.2. The number of aliphatic hydroxyl groups is 3. The average molecular weight is 917 g/mol. The molecule has 13 heteroatoms. The highest BCUT2D eigenvalue weighted by atomic mass is 32.2. The quantitative estimate of drug-likeness (QED) is 0.0197. The van der Waals surface area contributed by atoms with Gasteiger partial charge in [0.05, 0.1) is 6.61 Å². The average Bonchev–Trinajstić information content (AvgIpc) is 3.25. The first-order valence-corrected chi connectivity index (χ1v) is 27.0. The summed E-state index contributed by atoms with van der Waals surface area (Å²) >= 11 is 0. The topological polar surface area (TPSA) is 186 Å². The Morgan fingerprint density at radius 3 is 1.32 bits per heavy atom. The van der Waals surface area contributed by atoms with Crippen LogP contribution < -0.4 is 0 Å². The zero-order chi connectivity index (χ0) is 46.2. The van der Waals surface area contributed by atoms with Crippen molar-refractivity contribution in [1.29, 1.82) is 0 Å². The van der Waals surface area contributed by atoms with Crippen molar-refractivity contribution < 1.29 is 56.8 Å². The molecule has 0 radical (unpaired) electrons. The molecule has 1 fully saturated rings. The van der Waals surface area contributed by atoms with E-state index in [1.54, 1.807) is 0 Å². The number of allylic oxidation sites excluding steroid dienone is 4. The molecule has 0 aromatic carbocycles. The highest BCUT2D eigenvalue weighted by Gasteiger charge is 2.46. The van der Waals surface area contributed by atoms with Crippen LogP contribution in [0.3, 0.4) is 0 Å². The molecule has 0 aromatic rings. The maximum atomic E-state index is 12.8. The second-order valence-electron chi connectivity index (χ2n) is 17.8. The van der Waals surface area contributed by atoms with Gasteiger partial charge in [-0.2, -0.15) is 8.42 Å². The molecule has 63 heavy (non-hydrogen) atoms. The Labute approximate surface area is 383 Å². The van der Waals surface area contributed by atoms with E-state index >= 15 is 0 Å². The molecule has 1 saturated heterocycles. The van der Waals surface area contributed by atoms with Gasteiger partial charge in [0.25, 0.3) is 10.1 Å². The summed E-state index contributed by atoms with van der Waals surface area (Å²) in [6, 6.07) is 0. The predicted molar refractivity (Wildman–Crippen MR) is 252 cm³/mol. The van der Waals surface area contributed by atoms with E-state index in [1.165, 1.54) is 128 Å². The van der Waals surface area contributed by atoms with E-state index in [9.17, 15) is 37.9 Å². The molecular weight excluding hydrogens is 825 g/mol. The smallest absolute Gasteiger partial charge is 0.306 e. The highest BCUT2D eigenvalue weighted by molar-refractivity contribution is 7.85. The summed E-state index contributed by atoms with van der Waals surface area (Å²) in [5, 5.41) is 30.9. The van der Waals surface area contributed by atoms with Crippen LogP contribution in [0.1, 0.15) is 226 Å². The van der Waals surface area contributed by atoms with Crippen LogP contribution in [0.5, 0.6) is 0 Å². The van der Waals surface area contributed by atoms with Crippen LogP contribution in [0, 0.1) is 0 Å². The molecule has 0 aliphatic carbocycles. The molecule has 0 amide bonds. The van der Waals surface area contributed by atoms with Crippen molar-refractivity contribution in [3.63, 3.8) is 0 Å². The van der Waals surface area contributed by atoms with Gasteiger partial charge in [0, 0.05) is 12.8 Å². The van der Waals surface area contributed by atoms with Crippen LogP contribution in [0.4, 0.5) is 0 Å². The Balaban J connectivity index is 2.36. The minimum atomic E-state index is -4.60. The number of hydrogen-bond donors (Lipinski definition) is 4. The molecule has 0 spiro atoms. The number of rotatable bonds is 43. The summed E-state index contributed by atoms with van der Waals surface area (Å²) in [6.07, 6.45) is 36.5. The van der Waals surface area contributed by atoms with Gasteiger partial charge in [0.1, 0.15) is 36.8 Å². The van der Waals surface area contributed by atoms with E-state index < -0.39 is 71.2 Å². The molecule has 6 atom stereocenters. The highest BCUT2D eigenvalue weighted by Crippen LogP contribution is 2.24. The van der Waals surface area contributed by atoms with E-state index in [1.807, 2.05) is 0 Å². The third-order valence-corrected chi connectivity index (χ3v) is 12.5. The first-order chi connectivity index (χ1) is 30.5. The van der Waals surface area contributed by atoms with Crippen molar-refractivity contribution in [2.24, 2.45) is 0 Å². The Bertz CT molecular complexity index is 1260. The van der Waals surface area contributed by atoms with Gasteiger partial charge < -0.3 is 34.3 Å². The molecule has 1 heterocycles. The number of esters is 2. The summed E-state index contributed by atoms with van der Waals surface area (Å²) in [5.41, 5.74) is 0. The van der Waals surface area contributed by atoms with Crippen LogP contribution >= 0.6 is 0 Å². The number of carbonyl (C=O) groups is 2. The second kappa shape index (κ2) is 40.4. The van der Waals surface area contributed by atoms with Crippen LogP contribution in [0.2, 0.25) is 0 Å². The summed E-state index contributed by atoms with van der Waals surface area (Å²) in [7, 11) is -4.60. The van der Waals surface area contributed by atoms with Crippen LogP contribution in [0.15, 0.2) is 24.3 Å². The van der Waals surface area contributed by atoms with E-state index in [0.717, 1.165) is 57.8 Å². The molecule has 12 nitrogen and oxygen atoms in total. The zero-order valence-electron chi connectivity index (χ0n) is 39.7. The first-order valence-electron chi connectivity index (χ1n) is 25.4. The van der Waals surface area contributed by atoms with Crippen LogP contribution in [-0.2, 0) is 38.7 Å². The molecule has 1 rings (SSSR count). The van der Waals surface area contributed by atoms with E-state index in [2.05, 4.69) is 38.2 Å². The fraction of sp³-hybridized carbons (Fsp3) is 0.880. The zero-order valence-corrected chi connectivity index (χ0v) is 40.5. The van der Waals surface area contributed by atoms with Crippen LogP contribution in [0.25, 0.3) is 0 Å². The van der Waals surface area contributed by atoms with Gasteiger partial charge in [-0.25, -0.2) is 0 Å². The molecule has 1 aliphatic heterocycles. The normalized spacial score (nSPS) is 19.9. The van der Waals surface area contributed by atoms with Gasteiger partial charge in [-0.05, 0) is 64.2 Å².